The van der Waals surface area contributed by atoms with Gasteiger partial charge in [-0.3, -0.25) is 5.32 Å². The van der Waals surface area contributed by atoms with E-state index in [2.05, 4.69) is 27.9 Å². The molecule has 0 aromatic heterocycles. The van der Waals surface area contributed by atoms with Gasteiger partial charge in [0.15, 0.2) is 0 Å². The van der Waals surface area contributed by atoms with E-state index < -0.39 is 11.7 Å². The Kier molecular flexibility index (Phi) is 4.62. The van der Waals surface area contributed by atoms with E-state index in [4.69, 9.17) is 9.47 Å². The van der Waals surface area contributed by atoms with Crippen molar-refractivity contribution in [1.82, 2.24) is 0 Å². The van der Waals surface area contributed by atoms with E-state index in [1.165, 1.54) is 0 Å². The van der Waals surface area contributed by atoms with Gasteiger partial charge in [-0.05, 0) is 61.6 Å². The van der Waals surface area contributed by atoms with Gasteiger partial charge < -0.3 is 9.47 Å². The zero-order valence-corrected chi connectivity index (χ0v) is 12.5. The molecule has 4 nitrogen and oxygen atoms in total. The van der Waals surface area contributed by atoms with E-state index in [1.54, 1.807) is 19.2 Å². The van der Waals surface area contributed by atoms with Gasteiger partial charge in [0.05, 0.1) is 12.8 Å². The van der Waals surface area contributed by atoms with Gasteiger partial charge in [-0.1, -0.05) is 0 Å². The highest BCUT2D eigenvalue weighted by Crippen LogP contribution is 2.24. The lowest BCUT2D eigenvalue weighted by Gasteiger charge is -2.20. The summed E-state index contributed by atoms with van der Waals surface area (Å²) in [5.41, 5.74) is 0.211. The van der Waals surface area contributed by atoms with Crippen LogP contribution in [0, 0.1) is 3.57 Å². The number of hydrogen-bond acceptors (Lipinski definition) is 3. The zero-order chi connectivity index (χ0) is 13.1. The molecule has 0 saturated heterocycles. The largest absolute Gasteiger partial charge is 0.497 e. The molecule has 1 amide bonds. The number of anilines is 1. The van der Waals surface area contributed by atoms with Crippen molar-refractivity contribution in [2.24, 2.45) is 0 Å². The fraction of sp³-hybridized carbons (Fsp3) is 0.417. The Morgan fingerprint density at radius 1 is 1.35 bits per heavy atom. The van der Waals surface area contributed by atoms with Crippen LogP contribution in [0.25, 0.3) is 0 Å². The molecule has 0 atom stereocenters. The van der Waals surface area contributed by atoms with Gasteiger partial charge in [0.25, 0.3) is 0 Å². The number of benzene rings is 1. The molecular weight excluding hydrogens is 333 g/mol. The number of carbonyl (C=O) groups excluding carboxylic acids is 1. The minimum atomic E-state index is -0.498. The molecule has 17 heavy (non-hydrogen) atoms. The molecule has 0 radical (unpaired) electrons. The second-order valence-electron chi connectivity index (χ2n) is 4.47. The van der Waals surface area contributed by atoms with Crippen LogP contribution in [0.2, 0.25) is 0 Å². The van der Waals surface area contributed by atoms with Crippen LogP contribution in [0.5, 0.6) is 5.75 Å². The van der Waals surface area contributed by atoms with E-state index in [0.717, 1.165) is 9.32 Å². The molecule has 1 aromatic carbocycles. The molecular formula is C12H16INO3. The van der Waals surface area contributed by atoms with Gasteiger partial charge in [0.2, 0.25) is 0 Å². The van der Waals surface area contributed by atoms with Crippen molar-refractivity contribution in [3.63, 3.8) is 0 Å². The Bertz CT molecular complexity index is 413. The van der Waals surface area contributed by atoms with E-state index in [1.807, 2.05) is 26.8 Å². The Labute approximate surface area is 115 Å². The predicted molar refractivity (Wildman–Crippen MR) is 75.6 cm³/mol. The third kappa shape index (κ3) is 4.80. The molecule has 0 aliphatic carbocycles. The van der Waals surface area contributed by atoms with E-state index in [9.17, 15) is 4.79 Å². The molecule has 0 unspecified atom stereocenters. The van der Waals surface area contributed by atoms with Crippen molar-refractivity contribution in [3.8, 4) is 5.75 Å². The second-order valence-corrected chi connectivity index (χ2v) is 5.63. The molecule has 5 heteroatoms. The smallest absolute Gasteiger partial charge is 0.412 e. The summed E-state index contributed by atoms with van der Waals surface area (Å²) >= 11 is 2.13. The minimum Gasteiger partial charge on any atom is -0.497 e. The quantitative estimate of drug-likeness (QED) is 0.830. The lowest BCUT2D eigenvalue weighted by Crippen LogP contribution is -2.27. The normalized spacial score (nSPS) is 10.9. The van der Waals surface area contributed by atoms with Crippen molar-refractivity contribution in [1.29, 1.82) is 0 Å². The molecule has 1 rings (SSSR count). The summed E-state index contributed by atoms with van der Waals surface area (Å²) in [4.78, 5) is 11.6. The first-order valence-electron chi connectivity index (χ1n) is 5.15. The number of carbonyl (C=O) groups is 1. The first-order chi connectivity index (χ1) is 7.81. The summed E-state index contributed by atoms with van der Waals surface area (Å²) < 4.78 is 11.2. The standard InChI is InChI=1S/C12H16INO3/c1-12(2,3)17-11(15)14-10-6-5-8(16-4)7-9(10)13/h5-7H,1-4H3,(H,14,15). The van der Waals surface area contributed by atoms with E-state index in [-0.39, 0.29) is 0 Å². The van der Waals surface area contributed by atoms with Gasteiger partial charge in [0, 0.05) is 3.57 Å². The van der Waals surface area contributed by atoms with Crippen LogP contribution in [0.1, 0.15) is 20.8 Å². The van der Waals surface area contributed by atoms with Gasteiger partial charge in [-0.25, -0.2) is 4.79 Å². The number of ether oxygens (including phenoxy) is 2. The maximum absolute atomic E-state index is 11.6. The monoisotopic (exact) mass is 349 g/mol. The molecule has 0 aliphatic heterocycles. The molecule has 1 N–H and O–H groups in total. The number of nitrogens with one attached hydrogen (secondary N) is 1. The Balaban J connectivity index is 2.72. The van der Waals surface area contributed by atoms with Gasteiger partial charge >= 0.3 is 6.09 Å². The summed E-state index contributed by atoms with van der Waals surface area (Å²) in [6.45, 7) is 5.47. The first kappa shape index (κ1) is 14.1. The van der Waals surface area contributed by atoms with Crippen LogP contribution >= 0.6 is 22.6 Å². The maximum atomic E-state index is 11.6. The fourth-order valence-electron chi connectivity index (χ4n) is 1.14. The number of methoxy groups -OCH3 is 1. The SMILES string of the molecule is COc1ccc(NC(=O)OC(C)(C)C)c(I)c1. The molecule has 0 spiro atoms. The van der Waals surface area contributed by atoms with Crippen molar-refractivity contribution < 1.29 is 14.3 Å². The molecule has 0 heterocycles. The molecule has 0 saturated carbocycles. The summed E-state index contributed by atoms with van der Waals surface area (Å²) in [5, 5.41) is 2.69. The Morgan fingerprint density at radius 3 is 2.47 bits per heavy atom. The maximum Gasteiger partial charge on any atom is 0.412 e. The van der Waals surface area contributed by atoms with Crippen molar-refractivity contribution in [3.05, 3.63) is 21.8 Å². The second kappa shape index (κ2) is 5.57. The number of rotatable bonds is 2. The average molecular weight is 349 g/mol. The van der Waals surface area contributed by atoms with E-state index >= 15 is 0 Å². The van der Waals surface area contributed by atoms with Crippen LogP contribution in [-0.2, 0) is 4.74 Å². The molecule has 1 aromatic rings. The van der Waals surface area contributed by atoms with Crippen molar-refractivity contribution >= 4 is 34.4 Å². The molecule has 0 bridgehead atoms. The Hall–Kier alpha value is -0.980. The highest BCUT2D eigenvalue weighted by Gasteiger charge is 2.16. The topological polar surface area (TPSA) is 47.6 Å². The van der Waals surface area contributed by atoms with Crippen LogP contribution in [0.15, 0.2) is 18.2 Å². The van der Waals surface area contributed by atoms with Gasteiger partial charge in [-0.15, -0.1) is 0 Å². The lowest BCUT2D eigenvalue weighted by atomic mass is 10.2. The van der Waals surface area contributed by atoms with Crippen molar-refractivity contribution in [2.45, 2.75) is 26.4 Å². The van der Waals surface area contributed by atoms with Crippen LogP contribution in [-0.4, -0.2) is 18.8 Å². The summed E-state index contributed by atoms with van der Waals surface area (Å²) in [6, 6.07) is 5.41. The molecule has 94 valence electrons. The fourth-order valence-corrected chi connectivity index (χ4v) is 1.76. The van der Waals surface area contributed by atoms with Crippen molar-refractivity contribution in [2.75, 3.05) is 12.4 Å². The minimum absolute atomic E-state index is 0.458. The summed E-state index contributed by atoms with van der Waals surface area (Å²) in [5.74, 6) is 0.754. The summed E-state index contributed by atoms with van der Waals surface area (Å²) in [7, 11) is 1.60. The number of hydrogen-bond donors (Lipinski definition) is 1. The lowest BCUT2D eigenvalue weighted by molar-refractivity contribution is 0.0636. The van der Waals surface area contributed by atoms with Crippen LogP contribution in [0.3, 0.4) is 0 Å². The van der Waals surface area contributed by atoms with E-state index in [0.29, 0.717) is 5.69 Å². The summed E-state index contributed by atoms with van der Waals surface area (Å²) in [6.07, 6.45) is -0.458. The van der Waals surface area contributed by atoms with Crippen LogP contribution in [0.4, 0.5) is 10.5 Å². The zero-order valence-electron chi connectivity index (χ0n) is 10.3. The Morgan fingerprint density at radius 2 is 2.00 bits per heavy atom. The number of amides is 1. The highest BCUT2D eigenvalue weighted by molar-refractivity contribution is 14.1. The first-order valence-corrected chi connectivity index (χ1v) is 6.23. The van der Waals surface area contributed by atoms with Crippen LogP contribution < -0.4 is 10.1 Å². The van der Waals surface area contributed by atoms with Gasteiger partial charge in [-0.2, -0.15) is 0 Å². The molecule has 0 fully saturated rings. The predicted octanol–water partition coefficient (Wildman–Crippen LogP) is 3.65. The third-order valence-corrected chi connectivity index (χ3v) is 2.70. The highest BCUT2D eigenvalue weighted by atomic mass is 127. The average Bonchev–Trinajstić information content (AvgIpc) is 2.18. The van der Waals surface area contributed by atoms with Gasteiger partial charge in [0.1, 0.15) is 11.4 Å². The third-order valence-electron chi connectivity index (χ3n) is 1.81. The number of halogens is 1. The molecule has 0 aliphatic rings.